The fraction of sp³-hybridized carbons (Fsp3) is 0.632. The topological polar surface area (TPSA) is 195 Å². The van der Waals surface area contributed by atoms with Crippen molar-refractivity contribution in [2.24, 2.45) is 17.3 Å². The second-order valence-electron chi connectivity index (χ2n) is 16.5. The smallest absolute Gasteiger partial charge is 0.408 e. The largest absolute Gasteiger partial charge is 0.497 e. The predicted molar refractivity (Wildman–Crippen MR) is 203 cm³/mol. The summed E-state index contributed by atoms with van der Waals surface area (Å²) in [5, 5.41) is 4.96. The number of rotatable bonds is 7. The van der Waals surface area contributed by atoms with Gasteiger partial charge in [0.05, 0.1) is 29.9 Å². The van der Waals surface area contributed by atoms with E-state index in [1.165, 1.54) is 11.0 Å². The zero-order valence-corrected chi connectivity index (χ0v) is 36.2. The number of alkyl carbamates (subject to hydrolysis) is 1. The predicted octanol–water partition coefficient (Wildman–Crippen LogP) is 2.92. The molecule has 4 fully saturated rings. The number of carbonyl (C=O) groups is 4. The number of nitrogens with zero attached hydrogens (tertiary/aromatic N) is 3. The van der Waals surface area contributed by atoms with Crippen LogP contribution in [0.3, 0.4) is 0 Å². The molecule has 3 saturated carbocycles. The standard InChI is InChI=1S/C38H50N6O9S.K/c1-6-22-19-38(22,35(47)43-54(49,50)25-13-14-25)42-32(45)29-18-24-20-44(29)34(46)31(37(2,3)4)41-36(48)53-30-16-21(30)10-8-7-9-11-27-33(52-24)40-28-17-23(51-5)12-15-26(28)39-27;/h6,12,15,17,21-22,24-25,29-31H,1,7-11,13-14,16,18-20H2,2-5H3,(H,41,48)(H,42,45)(H,43,47);/t21-,22-,24-,29+,30-,31?,38-;/m1./s1. The van der Waals surface area contributed by atoms with E-state index in [2.05, 4.69) is 21.9 Å². The average molecular weight is 806 g/mol. The minimum absolute atomic E-state index is 0. The third-order valence-electron chi connectivity index (χ3n) is 11.3. The van der Waals surface area contributed by atoms with E-state index in [0.29, 0.717) is 47.6 Å². The first-order valence-electron chi connectivity index (χ1n) is 18.9. The fourth-order valence-electron chi connectivity index (χ4n) is 7.64. The first kappa shape index (κ1) is 41.8. The van der Waals surface area contributed by atoms with E-state index >= 15 is 0 Å². The minimum atomic E-state index is -3.90. The molecule has 293 valence electrons. The molecule has 17 heteroatoms. The molecule has 7 rings (SSSR count). The van der Waals surface area contributed by atoms with E-state index in [1.807, 2.05) is 32.9 Å². The molecular weight excluding hydrogens is 756 g/mol. The van der Waals surface area contributed by atoms with Gasteiger partial charge in [-0.15, -0.1) is 6.58 Å². The number of amides is 4. The van der Waals surface area contributed by atoms with Gasteiger partial charge in [0.15, 0.2) is 0 Å². The van der Waals surface area contributed by atoms with Crippen LogP contribution >= 0.6 is 0 Å². The summed E-state index contributed by atoms with van der Waals surface area (Å²) in [6.07, 6.45) is 5.93. The summed E-state index contributed by atoms with van der Waals surface area (Å²) in [5.74, 6) is -1.39. The van der Waals surface area contributed by atoms with Crippen molar-refractivity contribution in [3.8, 4) is 11.6 Å². The summed E-state index contributed by atoms with van der Waals surface area (Å²) in [7, 11) is -2.33. The van der Waals surface area contributed by atoms with Gasteiger partial charge in [-0.05, 0) is 68.4 Å². The van der Waals surface area contributed by atoms with Gasteiger partial charge in [0.1, 0.15) is 41.3 Å². The number of ether oxygens (including phenoxy) is 3. The maximum atomic E-state index is 14.6. The third-order valence-corrected chi connectivity index (χ3v) is 13.1. The average Bonchev–Trinajstić information content (AvgIpc) is 4.04. The van der Waals surface area contributed by atoms with Gasteiger partial charge < -0.3 is 29.7 Å². The Balaban J connectivity index is 0.00000514. The Morgan fingerprint density at radius 3 is 2.51 bits per heavy atom. The molecule has 1 saturated heterocycles. The van der Waals surface area contributed by atoms with Crippen molar-refractivity contribution < 1.29 is 41.8 Å². The maximum Gasteiger partial charge on any atom is 0.408 e. The molecule has 55 heavy (non-hydrogen) atoms. The number of hydrogen-bond donors (Lipinski definition) is 3. The van der Waals surface area contributed by atoms with Crippen LogP contribution in [0.5, 0.6) is 11.6 Å². The van der Waals surface area contributed by atoms with Crippen molar-refractivity contribution >= 4 is 96.3 Å². The van der Waals surface area contributed by atoms with Crippen LogP contribution in [-0.4, -0.2) is 147 Å². The van der Waals surface area contributed by atoms with Gasteiger partial charge in [0, 0.05) is 69.8 Å². The van der Waals surface area contributed by atoms with Crippen LogP contribution < -0.4 is 24.8 Å². The Hall–Kier alpha value is -2.83. The van der Waals surface area contributed by atoms with Crippen LogP contribution in [0.25, 0.3) is 11.0 Å². The molecule has 1 aromatic carbocycles. The van der Waals surface area contributed by atoms with Crippen LogP contribution in [0.4, 0.5) is 4.79 Å². The number of aryl methyl sites for hydroxylation is 1. The summed E-state index contributed by atoms with van der Waals surface area (Å²) in [6, 6.07) is 3.20. The van der Waals surface area contributed by atoms with Gasteiger partial charge in [0.25, 0.3) is 5.91 Å². The molecule has 1 aromatic heterocycles. The zero-order valence-electron chi connectivity index (χ0n) is 32.3. The normalized spacial score (nSPS) is 29.7. The Labute approximate surface area is 364 Å². The first-order chi connectivity index (χ1) is 25.6. The quantitative estimate of drug-likeness (QED) is 0.275. The van der Waals surface area contributed by atoms with Gasteiger partial charge in [-0.3, -0.25) is 19.1 Å². The van der Waals surface area contributed by atoms with Gasteiger partial charge in [-0.2, -0.15) is 0 Å². The molecular formula is C38H50KN6O9S. The van der Waals surface area contributed by atoms with Gasteiger partial charge in [0.2, 0.25) is 27.7 Å². The van der Waals surface area contributed by atoms with Crippen LogP contribution in [0.1, 0.15) is 84.3 Å². The SMILES string of the molecule is C=C[C@@H]1C[C@]1(NC(=O)[C@@H]1C[C@@H]2CN1C(=O)C(C(C)(C)C)NC(=O)O[C@@H]1C[C@H]1CCCCCc1nc3ccc(OC)cc3nc1O2)C(=O)NS(=O)(=O)C1CC1.[K]. The van der Waals surface area contributed by atoms with E-state index in [9.17, 15) is 27.6 Å². The van der Waals surface area contributed by atoms with Crippen molar-refractivity contribution in [3.63, 3.8) is 0 Å². The van der Waals surface area contributed by atoms with Crippen LogP contribution in [-0.2, 0) is 35.6 Å². The number of methoxy groups -OCH3 is 1. The summed E-state index contributed by atoms with van der Waals surface area (Å²) < 4.78 is 45.3. The van der Waals surface area contributed by atoms with Crippen LogP contribution in [0.2, 0.25) is 0 Å². The number of aromatic nitrogens is 2. The van der Waals surface area contributed by atoms with Crippen LogP contribution in [0.15, 0.2) is 30.9 Å². The number of hydrogen-bond acceptors (Lipinski definition) is 11. The molecule has 3 aliphatic carbocycles. The zero-order chi connectivity index (χ0) is 38.6. The van der Waals surface area contributed by atoms with Crippen LogP contribution in [0, 0.1) is 17.3 Å². The Kier molecular flexibility index (Phi) is 12.3. The summed E-state index contributed by atoms with van der Waals surface area (Å²) in [6.45, 7) is 9.18. The second-order valence-corrected chi connectivity index (χ2v) is 18.4. The molecule has 0 spiro atoms. The molecule has 2 aromatic rings. The van der Waals surface area contributed by atoms with E-state index in [0.717, 1.165) is 32.1 Å². The summed E-state index contributed by atoms with van der Waals surface area (Å²) in [4.78, 5) is 66.8. The summed E-state index contributed by atoms with van der Waals surface area (Å²) in [5.41, 5.74) is -0.451. The van der Waals surface area contributed by atoms with E-state index in [-0.39, 0.29) is 82.8 Å². The fourth-order valence-corrected chi connectivity index (χ4v) is 9.00. The van der Waals surface area contributed by atoms with Crippen molar-refractivity contribution in [2.75, 3.05) is 13.7 Å². The van der Waals surface area contributed by atoms with Crippen molar-refractivity contribution in [2.45, 2.75) is 120 Å². The van der Waals surface area contributed by atoms with E-state index in [4.69, 9.17) is 24.2 Å². The Morgan fingerprint density at radius 1 is 1.07 bits per heavy atom. The molecule has 7 atom stereocenters. The Morgan fingerprint density at radius 2 is 1.84 bits per heavy atom. The third kappa shape index (κ3) is 9.17. The van der Waals surface area contributed by atoms with Crippen molar-refractivity contribution in [1.82, 2.24) is 30.2 Å². The molecule has 1 radical (unpaired) electrons. The van der Waals surface area contributed by atoms with Crippen molar-refractivity contribution in [3.05, 3.63) is 36.5 Å². The number of sulfonamides is 1. The van der Waals surface area contributed by atoms with E-state index < -0.39 is 74.1 Å². The van der Waals surface area contributed by atoms with Gasteiger partial charge >= 0.3 is 6.09 Å². The molecule has 3 heterocycles. The second kappa shape index (κ2) is 16.2. The van der Waals surface area contributed by atoms with E-state index in [1.54, 1.807) is 13.2 Å². The molecule has 2 aliphatic heterocycles. The molecule has 5 aliphatic rings. The first-order valence-corrected chi connectivity index (χ1v) is 20.5. The Bertz CT molecular complexity index is 1970. The molecule has 3 N–H and O–H groups in total. The number of benzene rings is 1. The number of fused-ring (bicyclic) bond motifs is 5. The minimum Gasteiger partial charge on any atom is -0.497 e. The monoisotopic (exact) mass is 805 g/mol. The molecule has 15 nitrogen and oxygen atoms in total. The van der Waals surface area contributed by atoms with Gasteiger partial charge in [-0.25, -0.2) is 23.2 Å². The molecule has 1 unspecified atom stereocenters. The molecule has 2 bridgehead atoms. The number of nitrogens with one attached hydrogen (secondary N) is 3. The summed E-state index contributed by atoms with van der Waals surface area (Å²) >= 11 is 0. The van der Waals surface area contributed by atoms with Crippen molar-refractivity contribution in [1.29, 1.82) is 0 Å². The van der Waals surface area contributed by atoms with Gasteiger partial charge in [-0.1, -0.05) is 39.7 Å². The molecule has 4 amide bonds. The maximum absolute atomic E-state index is 14.6. The number of carbonyl (C=O) groups excluding carboxylic acids is 4.